The van der Waals surface area contributed by atoms with Crippen molar-refractivity contribution in [3.05, 3.63) is 95.1 Å². The van der Waals surface area contributed by atoms with Crippen LogP contribution in [0.4, 0.5) is 0 Å². The van der Waals surface area contributed by atoms with E-state index in [1.54, 1.807) is 75.4 Å². The normalized spacial score (nSPS) is 40.5. The minimum absolute atomic E-state index is 0.00589. The lowest BCUT2D eigenvalue weighted by molar-refractivity contribution is 0.0131. The van der Waals surface area contributed by atoms with E-state index in [4.69, 9.17) is 0 Å². The molecule has 8 fully saturated rings. The van der Waals surface area contributed by atoms with Crippen molar-refractivity contribution in [3.63, 3.8) is 0 Å². The number of benzene rings is 2. The smallest absolute Gasteiger partial charge is 0.0117 e. The molecule has 9 aliphatic rings. The Balaban J connectivity index is 1.16. The molecule has 8 bridgehead atoms. The van der Waals surface area contributed by atoms with Gasteiger partial charge in [0.05, 0.1) is 0 Å². The molecule has 2 aromatic rings. The van der Waals surface area contributed by atoms with Gasteiger partial charge in [-0.1, -0.05) is 108 Å². The van der Waals surface area contributed by atoms with E-state index in [9.17, 15) is 0 Å². The van der Waals surface area contributed by atoms with Gasteiger partial charge in [-0.25, -0.2) is 0 Å². The van der Waals surface area contributed by atoms with Crippen LogP contribution in [0, 0.1) is 53.3 Å². The van der Waals surface area contributed by atoms with E-state index < -0.39 is 0 Å². The molecule has 0 nitrogen and oxygen atoms in total. The maximum Gasteiger partial charge on any atom is 0.0117 e. The molecule has 238 valence electrons. The second-order valence-corrected chi connectivity index (χ2v) is 20.9. The van der Waals surface area contributed by atoms with Gasteiger partial charge in [0.15, 0.2) is 0 Å². The van der Waals surface area contributed by atoms with Crippen LogP contribution in [0.3, 0.4) is 0 Å². The summed E-state index contributed by atoms with van der Waals surface area (Å²) in [7, 11) is -0.0325. The predicted molar refractivity (Wildman–Crippen MR) is 192 cm³/mol. The van der Waals surface area contributed by atoms with Gasteiger partial charge in [-0.15, -0.1) is 0 Å². The Labute approximate surface area is 275 Å². The van der Waals surface area contributed by atoms with Gasteiger partial charge in [0.2, 0.25) is 0 Å². The van der Waals surface area contributed by atoms with E-state index in [1.165, 1.54) is 17.3 Å². The van der Waals surface area contributed by atoms with Gasteiger partial charge in [0.1, 0.15) is 0 Å². The van der Waals surface area contributed by atoms with Gasteiger partial charge in [-0.05, 0) is 157 Å². The molecular weight excluding hydrogens is 559 g/mol. The van der Waals surface area contributed by atoms with Crippen molar-refractivity contribution >= 4 is 7.92 Å². The topological polar surface area (TPSA) is 0 Å². The first-order chi connectivity index (χ1) is 21.8. The van der Waals surface area contributed by atoms with Crippen molar-refractivity contribution in [2.24, 2.45) is 53.3 Å². The molecule has 0 amide bonds. The number of hydrogen-bond acceptors (Lipinski definition) is 0. The Kier molecular flexibility index (Phi) is 7.17. The predicted octanol–water partition coefficient (Wildman–Crippen LogP) is 11.6. The fraction of sp³-hybridized carbons (Fsp3) is 0.636. The third-order valence-electron chi connectivity index (χ3n) is 15.1. The van der Waals surface area contributed by atoms with Crippen molar-refractivity contribution in [1.29, 1.82) is 0 Å². The van der Waals surface area contributed by atoms with Crippen molar-refractivity contribution in [1.82, 2.24) is 0 Å². The van der Waals surface area contributed by atoms with Gasteiger partial charge in [-0.3, -0.25) is 0 Å². The highest BCUT2D eigenvalue weighted by Gasteiger charge is 2.57. The lowest BCUT2D eigenvalue weighted by atomic mass is 9.55. The molecule has 0 aromatic heterocycles. The van der Waals surface area contributed by atoms with Gasteiger partial charge in [0.25, 0.3) is 0 Å². The lowest BCUT2D eigenvalue weighted by Gasteiger charge is -2.62. The molecule has 0 heterocycles. The Bertz CT molecular complexity index is 1360. The molecule has 0 aliphatic heterocycles. The second-order valence-electron chi connectivity index (χ2n) is 18.4. The van der Waals surface area contributed by atoms with Gasteiger partial charge >= 0.3 is 0 Å². The summed E-state index contributed by atoms with van der Waals surface area (Å²) in [5.41, 5.74) is 8.65. The van der Waals surface area contributed by atoms with Gasteiger partial charge < -0.3 is 0 Å². The summed E-state index contributed by atoms with van der Waals surface area (Å²) in [6.45, 7) is 10.2. The van der Waals surface area contributed by atoms with E-state index >= 15 is 0 Å². The summed E-state index contributed by atoms with van der Waals surface area (Å²) in [5.74, 6) is 8.95. The molecule has 8 saturated carbocycles. The number of allylic oxidation sites excluding steroid dienone is 4. The standard InChI is InChI=1S/C44H57P/c1-43(2,37-11-7-5-8-12-37)39-16-15-32(40(39)44(3,4)38-13-9-6-10-14-38)27-45(41-33-19-28-17-29(21-33)22-34(41)20-28)42-35-23-30-18-31(25-35)26-36(42)24-30/h5-16,28-31,33-36,39,41-42H,17-27H2,1-4H3. The van der Waals surface area contributed by atoms with Gasteiger partial charge in [0, 0.05) is 11.3 Å². The van der Waals surface area contributed by atoms with Crippen molar-refractivity contribution in [2.45, 2.75) is 114 Å². The zero-order valence-electron chi connectivity index (χ0n) is 28.5. The van der Waals surface area contributed by atoms with Crippen LogP contribution in [-0.2, 0) is 10.8 Å². The monoisotopic (exact) mass is 616 g/mol. The zero-order chi connectivity index (χ0) is 30.5. The molecule has 11 rings (SSSR count). The van der Waals surface area contributed by atoms with Crippen LogP contribution >= 0.6 is 7.92 Å². The third-order valence-corrected chi connectivity index (χ3v) is 19.0. The fourth-order valence-electron chi connectivity index (χ4n) is 13.7. The summed E-state index contributed by atoms with van der Waals surface area (Å²) >= 11 is 0. The number of hydrogen-bond donors (Lipinski definition) is 0. The average molecular weight is 617 g/mol. The van der Waals surface area contributed by atoms with E-state index in [-0.39, 0.29) is 18.8 Å². The molecule has 2 aromatic carbocycles. The average Bonchev–Trinajstić information content (AvgIpc) is 3.46. The fourth-order valence-corrected chi connectivity index (χ4v) is 18.3. The Morgan fingerprint density at radius 1 is 0.556 bits per heavy atom. The van der Waals surface area contributed by atoms with Crippen LogP contribution in [0.2, 0.25) is 0 Å². The Morgan fingerprint density at radius 2 is 0.978 bits per heavy atom. The third kappa shape index (κ3) is 4.84. The van der Waals surface area contributed by atoms with E-state index in [2.05, 4.69) is 101 Å². The van der Waals surface area contributed by atoms with E-state index in [1.807, 2.05) is 0 Å². The minimum atomic E-state index is -0.0325. The van der Waals surface area contributed by atoms with Crippen LogP contribution in [0.5, 0.6) is 0 Å². The second kappa shape index (κ2) is 10.9. The van der Waals surface area contributed by atoms with Gasteiger partial charge in [-0.2, -0.15) is 0 Å². The maximum absolute atomic E-state index is 2.69. The van der Waals surface area contributed by atoms with Crippen LogP contribution in [0.15, 0.2) is 84.0 Å². The van der Waals surface area contributed by atoms with E-state index in [0.29, 0.717) is 5.92 Å². The Hall–Kier alpha value is -1.65. The van der Waals surface area contributed by atoms with Crippen LogP contribution in [0.1, 0.15) is 103 Å². The lowest BCUT2D eigenvalue weighted by Crippen LogP contribution is -2.53. The highest BCUT2D eigenvalue weighted by atomic mass is 31.1. The summed E-state index contributed by atoms with van der Waals surface area (Å²) in [6, 6.07) is 23.0. The summed E-state index contributed by atoms with van der Waals surface area (Å²) in [5, 5.41) is 0. The molecule has 9 aliphatic carbocycles. The molecule has 0 spiro atoms. The molecular formula is C44H57P. The summed E-state index contributed by atoms with van der Waals surface area (Å²) < 4.78 is 0. The van der Waals surface area contributed by atoms with Crippen molar-refractivity contribution < 1.29 is 0 Å². The summed E-state index contributed by atoms with van der Waals surface area (Å²) in [4.78, 5) is 0. The maximum atomic E-state index is 2.69. The first kappa shape index (κ1) is 29.5. The molecule has 0 radical (unpaired) electrons. The number of rotatable bonds is 8. The zero-order valence-corrected chi connectivity index (χ0v) is 29.4. The SMILES string of the molecule is CC(C)(C1=C(CP(C2C3CC4CC(C3)CC2C4)C2C3CC4CC(C3)CC2C4)C=CC1C(C)(C)c1ccccc1)c1ccccc1. The van der Waals surface area contributed by atoms with Crippen LogP contribution in [0.25, 0.3) is 0 Å². The van der Waals surface area contributed by atoms with Crippen LogP contribution < -0.4 is 0 Å². The minimum Gasteiger partial charge on any atom is -0.0947 e. The van der Waals surface area contributed by atoms with Crippen molar-refractivity contribution in [3.8, 4) is 0 Å². The quantitative estimate of drug-likeness (QED) is 0.259. The van der Waals surface area contributed by atoms with Crippen LogP contribution in [-0.4, -0.2) is 17.5 Å². The molecule has 0 N–H and O–H groups in total. The molecule has 0 saturated heterocycles. The molecule has 1 heteroatoms. The molecule has 1 unspecified atom stereocenters. The molecule has 1 atom stereocenters. The highest BCUT2D eigenvalue weighted by Crippen LogP contribution is 2.72. The highest BCUT2D eigenvalue weighted by molar-refractivity contribution is 7.59. The van der Waals surface area contributed by atoms with E-state index in [0.717, 1.165) is 58.7 Å². The summed E-state index contributed by atoms with van der Waals surface area (Å²) in [6.07, 6.45) is 22.6. The first-order valence-corrected chi connectivity index (χ1v) is 20.7. The molecule has 45 heavy (non-hydrogen) atoms. The van der Waals surface area contributed by atoms with Crippen molar-refractivity contribution in [2.75, 3.05) is 6.16 Å². The Morgan fingerprint density at radius 3 is 1.42 bits per heavy atom. The largest absolute Gasteiger partial charge is 0.0947 e. The first-order valence-electron chi connectivity index (χ1n) is 19.0.